The zero-order valence-electron chi connectivity index (χ0n) is 27.8. The van der Waals surface area contributed by atoms with Crippen molar-refractivity contribution < 1.29 is 33.3 Å². The number of carbonyl (C=O) groups is 1. The summed E-state index contributed by atoms with van der Waals surface area (Å²) in [5, 5.41) is 25.7. The molecular weight excluding hydrogens is 634 g/mol. The SMILES string of the molecule is COCCCc1c(F)ccc2cc(O)cc(-c3ncc4c(N5CC(O)CC(C)(NC=O)C5)nc(OCC56CCCN5CCC6)nc4c3F)c12. The van der Waals surface area contributed by atoms with Gasteiger partial charge in [0, 0.05) is 38.6 Å². The number of aromatic hydroxyl groups is 1. The molecule has 2 aromatic heterocycles. The van der Waals surface area contributed by atoms with Crippen molar-refractivity contribution in [2.24, 2.45) is 0 Å². The Hall–Kier alpha value is -4.20. The summed E-state index contributed by atoms with van der Waals surface area (Å²) in [7, 11) is 1.58. The van der Waals surface area contributed by atoms with E-state index in [-0.39, 0.29) is 52.5 Å². The number of pyridine rings is 1. The minimum absolute atomic E-state index is 0.0103. The molecule has 1 amide bonds. The molecule has 11 nitrogen and oxygen atoms in total. The third-order valence-electron chi connectivity index (χ3n) is 10.5. The van der Waals surface area contributed by atoms with Gasteiger partial charge in [-0.05, 0) is 99.5 Å². The summed E-state index contributed by atoms with van der Waals surface area (Å²) in [5.41, 5.74) is -0.453. The number of aromatic nitrogens is 3. The van der Waals surface area contributed by atoms with Crippen LogP contribution < -0.4 is 15.0 Å². The lowest BCUT2D eigenvalue weighted by Crippen LogP contribution is -2.59. The van der Waals surface area contributed by atoms with Gasteiger partial charge >= 0.3 is 6.01 Å². The Morgan fingerprint density at radius 3 is 2.71 bits per heavy atom. The van der Waals surface area contributed by atoms with Crippen molar-refractivity contribution >= 4 is 33.9 Å². The highest BCUT2D eigenvalue weighted by molar-refractivity contribution is 6.01. The standard InChI is InChI=1S/C36H42F2N6O5/c1-35(40-21-45)16-24(47)18-43(19-35)33-27-17-39-31(26-15-23(46)14-22-7-8-28(37)25(29(22)26)6-3-13-48-2)30(38)32(27)41-34(42-33)49-20-36-9-4-11-44(36)12-5-10-36/h7-8,14-15,17,21,24,46-47H,3-6,9-13,16,18-20H2,1-2H3,(H,40,45). The smallest absolute Gasteiger partial charge is 0.319 e. The number of piperidine rings is 1. The van der Waals surface area contributed by atoms with Crippen LogP contribution in [0.2, 0.25) is 0 Å². The molecule has 7 rings (SSSR count). The molecule has 3 fully saturated rings. The molecule has 0 spiro atoms. The zero-order chi connectivity index (χ0) is 34.3. The summed E-state index contributed by atoms with van der Waals surface area (Å²) in [6.45, 7) is 5.10. The molecule has 260 valence electrons. The van der Waals surface area contributed by atoms with Crippen LogP contribution >= 0.6 is 0 Å². The lowest BCUT2D eigenvalue weighted by Gasteiger charge is -2.43. The Morgan fingerprint density at radius 1 is 1.16 bits per heavy atom. The highest BCUT2D eigenvalue weighted by Crippen LogP contribution is 2.41. The fraction of sp³-hybridized carbons (Fsp3) is 0.500. The Morgan fingerprint density at radius 2 is 1.96 bits per heavy atom. The van der Waals surface area contributed by atoms with Crippen molar-refractivity contribution in [2.75, 3.05) is 51.4 Å². The molecule has 2 unspecified atom stereocenters. The average Bonchev–Trinajstić information content (AvgIpc) is 3.65. The van der Waals surface area contributed by atoms with Gasteiger partial charge in [0.15, 0.2) is 5.82 Å². The van der Waals surface area contributed by atoms with Crippen molar-refractivity contribution in [3.63, 3.8) is 0 Å². The summed E-state index contributed by atoms with van der Waals surface area (Å²) < 4.78 is 43.9. The second kappa shape index (κ2) is 13.3. The number of rotatable bonds is 11. The lowest BCUT2D eigenvalue weighted by molar-refractivity contribution is -0.111. The Kier molecular flexibility index (Phi) is 9.01. The van der Waals surface area contributed by atoms with Gasteiger partial charge in [-0.2, -0.15) is 9.97 Å². The van der Waals surface area contributed by atoms with Crippen molar-refractivity contribution in [2.45, 2.75) is 69.1 Å². The van der Waals surface area contributed by atoms with E-state index in [1.54, 1.807) is 18.1 Å². The van der Waals surface area contributed by atoms with Gasteiger partial charge in [-0.25, -0.2) is 8.78 Å². The number of carbonyl (C=O) groups excluding carboxylic acids is 1. The number of hydrogen-bond donors (Lipinski definition) is 3. The van der Waals surface area contributed by atoms with Crippen molar-refractivity contribution in [3.05, 3.63) is 47.7 Å². The normalized spacial score (nSPS) is 22.1. The van der Waals surface area contributed by atoms with Crippen LogP contribution in [0.4, 0.5) is 14.6 Å². The van der Waals surface area contributed by atoms with Gasteiger partial charge in [-0.1, -0.05) is 6.07 Å². The number of phenols is 1. The number of nitrogens with one attached hydrogen (secondary N) is 1. The molecule has 3 N–H and O–H groups in total. The summed E-state index contributed by atoms with van der Waals surface area (Å²) in [6.07, 6.45) is 6.63. The van der Waals surface area contributed by atoms with Crippen LogP contribution in [0.15, 0.2) is 30.5 Å². The summed E-state index contributed by atoms with van der Waals surface area (Å²) in [4.78, 5) is 29.6. The molecule has 2 aromatic carbocycles. The molecule has 13 heteroatoms. The third-order valence-corrected chi connectivity index (χ3v) is 10.5. The first-order valence-corrected chi connectivity index (χ1v) is 17.0. The van der Waals surface area contributed by atoms with Crippen LogP contribution in [-0.4, -0.2) is 100 Å². The number of benzene rings is 2. The van der Waals surface area contributed by atoms with Crippen LogP contribution in [0.5, 0.6) is 11.8 Å². The highest BCUT2D eigenvalue weighted by Gasteiger charge is 2.45. The summed E-state index contributed by atoms with van der Waals surface area (Å²) in [5.74, 6) is -1.03. The van der Waals surface area contributed by atoms with E-state index in [1.807, 2.05) is 6.92 Å². The van der Waals surface area contributed by atoms with E-state index >= 15 is 8.78 Å². The molecule has 0 bridgehead atoms. The van der Waals surface area contributed by atoms with Crippen molar-refractivity contribution in [1.29, 1.82) is 0 Å². The van der Waals surface area contributed by atoms with E-state index in [0.717, 1.165) is 38.8 Å². The van der Waals surface area contributed by atoms with Crippen LogP contribution in [-0.2, 0) is 16.0 Å². The maximum Gasteiger partial charge on any atom is 0.319 e. The van der Waals surface area contributed by atoms with Gasteiger partial charge in [0.25, 0.3) is 0 Å². The first-order valence-electron chi connectivity index (χ1n) is 17.0. The number of amides is 1. The van der Waals surface area contributed by atoms with Crippen LogP contribution in [0, 0.1) is 11.6 Å². The van der Waals surface area contributed by atoms with Crippen LogP contribution in [0.25, 0.3) is 32.9 Å². The number of aliphatic hydroxyl groups is 1. The fourth-order valence-electron chi connectivity index (χ4n) is 8.30. The van der Waals surface area contributed by atoms with Gasteiger partial charge in [-0.3, -0.25) is 14.7 Å². The van der Waals surface area contributed by atoms with E-state index in [9.17, 15) is 15.0 Å². The Bertz CT molecular complexity index is 1880. The number of aryl methyl sites for hydroxylation is 1. The molecule has 3 aliphatic rings. The summed E-state index contributed by atoms with van der Waals surface area (Å²) >= 11 is 0. The zero-order valence-corrected chi connectivity index (χ0v) is 27.8. The minimum Gasteiger partial charge on any atom is -0.508 e. The minimum atomic E-state index is -0.799. The van der Waals surface area contributed by atoms with Gasteiger partial charge < -0.3 is 29.9 Å². The maximum atomic E-state index is 17.0. The monoisotopic (exact) mass is 676 g/mol. The third kappa shape index (κ3) is 6.23. The van der Waals surface area contributed by atoms with E-state index in [0.29, 0.717) is 61.0 Å². The number of β-amino-alcohol motifs (C(OH)–C–C–N with tert-alkyl or cyclic N) is 1. The van der Waals surface area contributed by atoms with E-state index in [4.69, 9.17) is 14.5 Å². The van der Waals surface area contributed by atoms with Gasteiger partial charge in [0.2, 0.25) is 6.41 Å². The molecule has 3 saturated heterocycles. The number of anilines is 1. The molecule has 3 aliphatic heterocycles. The molecule has 0 saturated carbocycles. The molecular formula is C36H42F2N6O5. The quantitative estimate of drug-likeness (QED) is 0.154. The number of aliphatic hydroxyl groups excluding tert-OH is 1. The van der Waals surface area contributed by atoms with Crippen molar-refractivity contribution in [3.8, 4) is 23.0 Å². The fourth-order valence-corrected chi connectivity index (χ4v) is 8.30. The van der Waals surface area contributed by atoms with Gasteiger partial charge in [0.1, 0.15) is 35.2 Å². The van der Waals surface area contributed by atoms with Gasteiger partial charge in [-0.15, -0.1) is 0 Å². The number of hydrogen-bond acceptors (Lipinski definition) is 10. The molecule has 5 heterocycles. The maximum absolute atomic E-state index is 17.0. The highest BCUT2D eigenvalue weighted by atomic mass is 19.1. The van der Waals surface area contributed by atoms with E-state index in [2.05, 4.69) is 20.2 Å². The topological polar surface area (TPSA) is 133 Å². The number of ether oxygens (including phenoxy) is 2. The number of phenolic OH excluding ortho intramolecular Hbond substituents is 1. The molecule has 49 heavy (non-hydrogen) atoms. The largest absolute Gasteiger partial charge is 0.508 e. The number of halogens is 2. The van der Waals surface area contributed by atoms with E-state index in [1.165, 1.54) is 24.4 Å². The Balaban J connectivity index is 1.38. The van der Waals surface area contributed by atoms with E-state index < -0.39 is 23.3 Å². The number of fused-ring (bicyclic) bond motifs is 3. The Labute approximate surface area is 283 Å². The first kappa shape index (κ1) is 33.3. The summed E-state index contributed by atoms with van der Waals surface area (Å²) in [6, 6.07) is 5.80. The molecule has 2 atom stereocenters. The average molecular weight is 677 g/mol. The van der Waals surface area contributed by atoms with Crippen LogP contribution in [0.1, 0.15) is 51.0 Å². The van der Waals surface area contributed by atoms with Crippen molar-refractivity contribution in [1.82, 2.24) is 25.2 Å². The first-order chi connectivity index (χ1) is 23.6. The second-order valence-corrected chi connectivity index (χ2v) is 14.0. The molecule has 4 aromatic rings. The van der Waals surface area contributed by atoms with Crippen LogP contribution in [0.3, 0.4) is 0 Å². The van der Waals surface area contributed by atoms with Gasteiger partial charge in [0.05, 0.1) is 22.6 Å². The second-order valence-electron chi connectivity index (χ2n) is 14.0. The predicted octanol–water partition coefficient (Wildman–Crippen LogP) is 4.49. The number of methoxy groups -OCH3 is 1. The molecule has 0 radical (unpaired) electrons. The molecule has 0 aliphatic carbocycles. The number of nitrogens with zero attached hydrogens (tertiary/aromatic N) is 5. The predicted molar refractivity (Wildman–Crippen MR) is 181 cm³/mol. The lowest BCUT2D eigenvalue weighted by atomic mass is 9.89.